The zero-order chi connectivity index (χ0) is 21.1. The Hall–Kier alpha value is -3.86. The van der Waals surface area contributed by atoms with Crippen molar-refractivity contribution in [1.82, 2.24) is 4.57 Å². The Balaban J connectivity index is 1.49. The highest BCUT2D eigenvalue weighted by atomic mass is 16.5. The lowest BCUT2D eigenvalue weighted by Gasteiger charge is -2.13. The number of para-hydroxylation sites is 1. The van der Waals surface area contributed by atoms with Crippen LogP contribution in [-0.2, 0) is 11.3 Å². The van der Waals surface area contributed by atoms with E-state index in [1.165, 1.54) is 6.07 Å². The molecule has 5 heteroatoms. The number of carbonyl (C=O) groups excluding carboxylic acids is 1. The molecule has 0 unspecified atom stereocenters. The van der Waals surface area contributed by atoms with E-state index in [0.29, 0.717) is 16.8 Å². The summed E-state index contributed by atoms with van der Waals surface area (Å²) < 4.78 is 7.57. The van der Waals surface area contributed by atoms with E-state index in [2.05, 4.69) is 5.32 Å². The zero-order valence-corrected chi connectivity index (χ0v) is 16.9. The van der Waals surface area contributed by atoms with E-state index in [-0.39, 0.29) is 17.9 Å². The number of nitrogens with zero attached hydrogens (tertiary/aromatic N) is 1. The monoisotopic (exact) mass is 398 g/mol. The Kier molecular flexibility index (Phi) is 5.35. The summed E-state index contributed by atoms with van der Waals surface area (Å²) in [6.07, 6.45) is 1.67. The molecular formula is C25H22N2O3. The molecule has 0 saturated carbocycles. The van der Waals surface area contributed by atoms with Crippen molar-refractivity contribution in [3.05, 3.63) is 100 Å². The van der Waals surface area contributed by atoms with Gasteiger partial charge in [-0.15, -0.1) is 0 Å². The Morgan fingerprint density at radius 1 is 0.933 bits per heavy atom. The minimum Gasteiger partial charge on any atom is -0.457 e. The van der Waals surface area contributed by atoms with Crippen LogP contribution in [0, 0.1) is 13.8 Å². The van der Waals surface area contributed by atoms with Gasteiger partial charge < -0.3 is 14.6 Å². The number of aromatic nitrogens is 1. The number of rotatable bonds is 5. The fourth-order valence-corrected chi connectivity index (χ4v) is 3.54. The number of hydrogen-bond donors (Lipinski definition) is 1. The van der Waals surface area contributed by atoms with Gasteiger partial charge in [0.1, 0.15) is 18.0 Å². The van der Waals surface area contributed by atoms with Crippen LogP contribution < -0.4 is 15.5 Å². The van der Waals surface area contributed by atoms with E-state index in [1.807, 2.05) is 68.4 Å². The number of pyridine rings is 1. The van der Waals surface area contributed by atoms with Crippen molar-refractivity contribution in [2.75, 3.05) is 5.32 Å². The topological polar surface area (TPSA) is 60.3 Å². The van der Waals surface area contributed by atoms with Crippen LogP contribution in [0.15, 0.2) is 83.8 Å². The minimum absolute atomic E-state index is 0.0341. The fraction of sp³-hybridized carbons (Fsp3) is 0.120. The minimum atomic E-state index is -0.171. The molecular weight excluding hydrogens is 376 g/mol. The van der Waals surface area contributed by atoms with Gasteiger partial charge in [0.2, 0.25) is 5.91 Å². The molecule has 1 heterocycles. The summed E-state index contributed by atoms with van der Waals surface area (Å²) in [7, 11) is 0. The summed E-state index contributed by atoms with van der Waals surface area (Å²) in [5.74, 6) is 1.28. The molecule has 0 fully saturated rings. The molecule has 150 valence electrons. The predicted molar refractivity (Wildman–Crippen MR) is 119 cm³/mol. The van der Waals surface area contributed by atoms with Crippen molar-refractivity contribution in [2.24, 2.45) is 0 Å². The van der Waals surface area contributed by atoms with Gasteiger partial charge in [-0.3, -0.25) is 9.59 Å². The van der Waals surface area contributed by atoms with Crippen LogP contribution in [0.4, 0.5) is 5.69 Å². The second-order valence-electron chi connectivity index (χ2n) is 7.27. The molecule has 3 aromatic carbocycles. The van der Waals surface area contributed by atoms with Crippen LogP contribution in [0.5, 0.6) is 11.5 Å². The van der Waals surface area contributed by atoms with E-state index in [0.717, 1.165) is 22.4 Å². The third-order valence-corrected chi connectivity index (χ3v) is 4.85. The lowest BCUT2D eigenvalue weighted by atomic mass is 10.1. The predicted octanol–water partition coefficient (Wildman–Crippen LogP) is 5.05. The van der Waals surface area contributed by atoms with Crippen LogP contribution in [0.1, 0.15) is 11.1 Å². The lowest BCUT2D eigenvalue weighted by molar-refractivity contribution is -0.116. The first-order valence-electron chi connectivity index (χ1n) is 9.73. The fourth-order valence-electron chi connectivity index (χ4n) is 3.54. The Labute approximate surface area is 174 Å². The molecule has 0 atom stereocenters. The van der Waals surface area contributed by atoms with Gasteiger partial charge in [-0.1, -0.05) is 24.3 Å². The summed E-state index contributed by atoms with van der Waals surface area (Å²) in [5, 5.41) is 3.55. The molecule has 0 spiro atoms. The van der Waals surface area contributed by atoms with E-state index in [4.69, 9.17) is 4.74 Å². The molecule has 4 rings (SSSR count). The maximum atomic E-state index is 12.6. The highest BCUT2D eigenvalue weighted by Crippen LogP contribution is 2.23. The Bertz CT molecular complexity index is 1260. The number of carbonyl (C=O) groups is 1. The molecule has 5 nitrogen and oxygen atoms in total. The van der Waals surface area contributed by atoms with Gasteiger partial charge >= 0.3 is 0 Å². The van der Waals surface area contributed by atoms with Crippen LogP contribution >= 0.6 is 0 Å². The van der Waals surface area contributed by atoms with Crippen molar-refractivity contribution in [2.45, 2.75) is 20.4 Å². The average molecular weight is 398 g/mol. The smallest absolute Gasteiger partial charge is 0.244 e. The SMILES string of the molecule is Cc1cc(C)c2c(=O)ccn(CC(=O)Nc3ccc(Oc4ccccc4)cc3)c2c1. The molecule has 0 saturated heterocycles. The molecule has 0 bridgehead atoms. The molecule has 1 amide bonds. The highest BCUT2D eigenvalue weighted by molar-refractivity contribution is 5.92. The van der Waals surface area contributed by atoms with Gasteiger partial charge in [0, 0.05) is 23.3 Å². The number of fused-ring (bicyclic) bond motifs is 1. The van der Waals surface area contributed by atoms with Gasteiger partial charge in [-0.05, 0) is 67.4 Å². The molecule has 0 aliphatic heterocycles. The number of aryl methyl sites for hydroxylation is 2. The lowest BCUT2D eigenvalue weighted by Crippen LogP contribution is -2.20. The first kappa shape index (κ1) is 19.5. The second kappa shape index (κ2) is 8.25. The van der Waals surface area contributed by atoms with Gasteiger partial charge in [0.25, 0.3) is 0 Å². The average Bonchev–Trinajstić information content (AvgIpc) is 2.72. The maximum absolute atomic E-state index is 12.6. The summed E-state index contributed by atoms with van der Waals surface area (Å²) in [5.41, 5.74) is 3.38. The zero-order valence-electron chi connectivity index (χ0n) is 16.9. The maximum Gasteiger partial charge on any atom is 0.244 e. The molecule has 4 aromatic rings. The largest absolute Gasteiger partial charge is 0.457 e. The summed E-state index contributed by atoms with van der Waals surface area (Å²) in [6.45, 7) is 4.01. The highest BCUT2D eigenvalue weighted by Gasteiger charge is 2.10. The Morgan fingerprint density at radius 3 is 2.37 bits per heavy atom. The van der Waals surface area contributed by atoms with Gasteiger partial charge in [0.15, 0.2) is 5.43 Å². The van der Waals surface area contributed by atoms with Crippen LogP contribution in [0.25, 0.3) is 10.9 Å². The number of ether oxygens (including phenoxy) is 1. The van der Waals surface area contributed by atoms with Gasteiger partial charge in [-0.25, -0.2) is 0 Å². The second-order valence-corrected chi connectivity index (χ2v) is 7.27. The number of amides is 1. The van der Waals surface area contributed by atoms with Crippen molar-refractivity contribution >= 4 is 22.5 Å². The summed E-state index contributed by atoms with van der Waals surface area (Å²) in [4.78, 5) is 24.9. The normalized spacial score (nSPS) is 10.7. The van der Waals surface area contributed by atoms with Gasteiger partial charge in [-0.2, -0.15) is 0 Å². The molecule has 1 aromatic heterocycles. The molecule has 0 aliphatic rings. The van der Waals surface area contributed by atoms with Gasteiger partial charge in [0.05, 0.1) is 5.52 Å². The Morgan fingerprint density at radius 2 is 1.63 bits per heavy atom. The summed E-state index contributed by atoms with van der Waals surface area (Å²) in [6, 6.07) is 22.2. The number of hydrogen-bond acceptors (Lipinski definition) is 3. The van der Waals surface area contributed by atoms with Crippen molar-refractivity contribution < 1.29 is 9.53 Å². The van der Waals surface area contributed by atoms with E-state index < -0.39 is 0 Å². The molecule has 30 heavy (non-hydrogen) atoms. The van der Waals surface area contributed by atoms with E-state index in [1.54, 1.807) is 22.9 Å². The number of benzene rings is 3. The van der Waals surface area contributed by atoms with Crippen molar-refractivity contribution in [3.63, 3.8) is 0 Å². The third-order valence-electron chi connectivity index (χ3n) is 4.85. The van der Waals surface area contributed by atoms with E-state index >= 15 is 0 Å². The molecule has 1 N–H and O–H groups in total. The van der Waals surface area contributed by atoms with Crippen molar-refractivity contribution in [3.8, 4) is 11.5 Å². The first-order valence-corrected chi connectivity index (χ1v) is 9.73. The quantitative estimate of drug-likeness (QED) is 0.512. The summed E-state index contributed by atoms with van der Waals surface area (Å²) >= 11 is 0. The molecule has 0 aliphatic carbocycles. The standard InChI is InChI=1S/C25H22N2O3/c1-17-14-18(2)25-22(15-17)27(13-12-23(25)28)16-24(29)26-19-8-10-21(11-9-19)30-20-6-4-3-5-7-20/h3-15H,16H2,1-2H3,(H,26,29). The van der Waals surface area contributed by atoms with Crippen LogP contribution in [0.3, 0.4) is 0 Å². The number of anilines is 1. The first-order chi connectivity index (χ1) is 14.5. The number of nitrogens with one attached hydrogen (secondary N) is 1. The van der Waals surface area contributed by atoms with E-state index in [9.17, 15) is 9.59 Å². The van der Waals surface area contributed by atoms with Crippen LogP contribution in [0.2, 0.25) is 0 Å². The van der Waals surface area contributed by atoms with Crippen LogP contribution in [-0.4, -0.2) is 10.5 Å². The third kappa shape index (κ3) is 4.25. The molecule has 0 radical (unpaired) electrons. The van der Waals surface area contributed by atoms with Crippen molar-refractivity contribution in [1.29, 1.82) is 0 Å².